The maximum atomic E-state index is 12.3. The first-order valence-corrected chi connectivity index (χ1v) is 8.52. The highest BCUT2D eigenvalue weighted by molar-refractivity contribution is 6.04. The maximum Gasteiger partial charge on any atom is 0.255 e. The Hall–Kier alpha value is -2.37. The van der Waals surface area contributed by atoms with E-state index in [-0.39, 0.29) is 12.0 Å². The van der Waals surface area contributed by atoms with E-state index in [4.69, 9.17) is 9.47 Å². The summed E-state index contributed by atoms with van der Waals surface area (Å²) in [6.45, 7) is 5.65. The molecule has 1 fully saturated rings. The van der Waals surface area contributed by atoms with E-state index >= 15 is 0 Å². The molecule has 0 spiro atoms. The molecule has 1 unspecified atom stereocenters. The van der Waals surface area contributed by atoms with Crippen LogP contribution in [0.5, 0.6) is 5.75 Å². The zero-order valence-corrected chi connectivity index (χ0v) is 14.7. The molecule has 1 amide bonds. The molecule has 5 nitrogen and oxygen atoms in total. The van der Waals surface area contributed by atoms with E-state index in [2.05, 4.69) is 17.1 Å². The second-order valence-corrected chi connectivity index (χ2v) is 6.30. The summed E-state index contributed by atoms with van der Waals surface area (Å²) in [6.07, 6.45) is 0.281. The minimum Gasteiger partial charge on any atom is -0.497 e. The second-order valence-electron chi connectivity index (χ2n) is 6.30. The molecule has 0 bridgehead atoms. The number of hydrogen-bond donors (Lipinski definition) is 1. The molecular weight excluding hydrogens is 316 g/mol. The van der Waals surface area contributed by atoms with Crippen molar-refractivity contribution >= 4 is 11.6 Å². The molecule has 2 aromatic carbocycles. The van der Waals surface area contributed by atoms with Crippen molar-refractivity contribution in [3.8, 4) is 5.75 Å². The summed E-state index contributed by atoms with van der Waals surface area (Å²) >= 11 is 0. The third kappa shape index (κ3) is 4.81. The molecule has 1 aliphatic heterocycles. The minimum atomic E-state index is -0.114. The lowest BCUT2D eigenvalue weighted by Crippen LogP contribution is -2.40. The molecule has 1 saturated heterocycles. The molecule has 132 valence electrons. The van der Waals surface area contributed by atoms with Crippen LogP contribution >= 0.6 is 0 Å². The van der Waals surface area contributed by atoms with Crippen LogP contribution in [-0.2, 0) is 11.3 Å². The van der Waals surface area contributed by atoms with Crippen LogP contribution in [0.3, 0.4) is 0 Å². The van der Waals surface area contributed by atoms with E-state index in [1.165, 1.54) is 5.56 Å². The smallest absolute Gasteiger partial charge is 0.255 e. The monoisotopic (exact) mass is 340 g/mol. The standard InChI is InChI=1S/C20H24N2O3/c1-15-13-22(11-12-25-15)14-16-3-5-17(6-4-16)20(23)21-18-7-9-19(24-2)10-8-18/h3-10,15H,11-14H2,1-2H3,(H,21,23). The Labute approximate surface area is 148 Å². The zero-order chi connectivity index (χ0) is 17.6. The number of hydrogen-bond acceptors (Lipinski definition) is 4. The fraction of sp³-hybridized carbons (Fsp3) is 0.350. The van der Waals surface area contributed by atoms with Crippen molar-refractivity contribution < 1.29 is 14.3 Å². The van der Waals surface area contributed by atoms with Gasteiger partial charge in [-0.15, -0.1) is 0 Å². The highest BCUT2D eigenvalue weighted by Gasteiger charge is 2.16. The fourth-order valence-corrected chi connectivity index (χ4v) is 2.93. The van der Waals surface area contributed by atoms with Gasteiger partial charge in [0.1, 0.15) is 5.75 Å². The van der Waals surface area contributed by atoms with E-state index in [9.17, 15) is 4.79 Å². The summed E-state index contributed by atoms with van der Waals surface area (Å²) in [7, 11) is 1.62. The normalized spacial score (nSPS) is 17.9. The highest BCUT2D eigenvalue weighted by Crippen LogP contribution is 2.17. The number of amides is 1. The molecule has 2 aromatic rings. The molecule has 1 N–H and O–H groups in total. The highest BCUT2D eigenvalue weighted by atomic mass is 16.5. The number of carbonyl (C=O) groups is 1. The molecule has 0 aromatic heterocycles. The van der Waals surface area contributed by atoms with Crippen molar-refractivity contribution in [2.75, 3.05) is 32.1 Å². The number of ether oxygens (including phenoxy) is 2. The number of morpholine rings is 1. The van der Waals surface area contributed by atoms with Crippen LogP contribution in [0.25, 0.3) is 0 Å². The molecule has 1 aliphatic rings. The summed E-state index contributed by atoms with van der Waals surface area (Å²) < 4.78 is 10.7. The van der Waals surface area contributed by atoms with Crippen LogP contribution in [0.2, 0.25) is 0 Å². The Morgan fingerprint density at radius 2 is 1.92 bits per heavy atom. The van der Waals surface area contributed by atoms with Gasteiger partial charge in [-0.1, -0.05) is 12.1 Å². The van der Waals surface area contributed by atoms with Crippen molar-refractivity contribution in [1.29, 1.82) is 0 Å². The van der Waals surface area contributed by atoms with E-state index < -0.39 is 0 Å². The zero-order valence-electron chi connectivity index (χ0n) is 14.7. The van der Waals surface area contributed by atoms with Crippen molar-refractivity contribution in [3.63, 3.8) is 0 Å². The SMILES string of the molecule is COc1ccc(NC(=O)c2ccc(CN3CCOC(C)C3)cc2)cc1. The van der Waals surface area contributed by atoms with E-state index in [0.717, 1.165) is 37.7 Å². The first-order valence-electron chi connectivity index (χ1n) is 8.52. The number of anilines is 1. The van der Waals surface area contributed by atoms with Gasteiger partial charge in [0.2, 0.25) is 0 Å². The predicted molar refractivity (Wildman–Crippen MR) is 98.1 cm³/mol. The van der Waals surface area contributed by atoms with Gasteiger partial charge in [-0.05, 0) is 48.9 Å². The van der Waals surface area contributed by atoms with Gasteiger partial charge < -0.3 is 14.8 Å². The molecular formula is C20H24N2O3. The molecule has 25 heavy (non-hydrogen) atoms. The summed E-state index contributed by atoms with van der Waals surface area (Å²) in [6, 6.07) is 15.1. The quantitative estimate of drug-likeness (QED) is 0.908. The first-order chi connectivity index (χ1) is 12.1. The molecule has 5 heteroatoms. The number of nitrogens with zero attached hydrogens (tertiary/aromatic N) is 1. The van der Waals surface area contributed by atoms with Gasteiger partial charge in [0.05, 0.1) is 19.8 Å². The minimum absolute atomic E-state index is 0.114. The summed E-state index contributed by atoms with van der Waals surface area (Å²) in [5, 5.41) is 2.89. The van der Waals surface area contributed by atoms with Crippen LogP contribution < -0.4 is 10.1 Å². The van der Waals surface area contributed by atoms with Crippen LogP contribution in [-0.4, -0.2) is 43.7 Å². The Bertz CT molecular complexity index is 698. The van der Waals surface area contributed by atoms with E-state index in [0.29, 0.717) is 5.56 Å². The van der Waals surface area contributed by atoms with Crippen molar-refractivity contribution in [2.45, 2.75) is 19.6 Å². The second kappa shape index (κ2) is 8.14. The van der Waals surface area contributed by atoms with Gasteiger partial charge in [-0.25, -0.2) is 0 Å². The van der Waals surface area contributed by atoms with Gasteiger partial charge in [0.15, 0.2) is 0 Å². The fourth-order valence-electron chi connectivity index (χ4n) is 2.93. The maximum absolute atomic E-state index is 12.3. The van der Waals surface area contributed by atoms with Gasteiger partial charge >= 0.3 is 0 Å². The van der Waals surface area contributed by atoms with Gasteiger partial charge in [0.25, 0.3) is 5.91 Å². The lowest BCUT2D eigenvalue weighted by Gasteiger charge is -2.31. The largest absolute Gasteiger partial charge is 0.497 e. The molecule has 3 rings (SSSR count). The summed E-state index contributed by atoms with van der Waals surface area (Å²) in [5.74, 6) is 0.650. The van der Waals surface area contributed by atoms with Crippen molar-refractivity contribution in [2.24, 2.45) is 0 Å². The summed E-state index contributed by atoms with van der Waals surface area (Å²) in [5.41, 5.74) is 2.60. The number of carbonyl (C=O) groups excluding carboxylic acids is 1. The van der Waals surface area contributed by atoms with Gasteiger partial charge in [0, 0.05) is 30.9 Å². The summed E-state index contributed by atoms with van der Waals surface area (Å²) in [4.78, 5) is 14.7. The third-order valence-corrected chi connectivity index (χ3v) is 4.30. The number of benzene rings is 2. The van der Waals surface area contributed by atoms with E-state index in [1.807, 2.05) is 48.5 Å². The van der Waals surface area contributed by atoms with Crippen molar-refractivity contribution in [3.05, 3.63) is 59.7 Å². The number of rotatable bonds is 5. The molecule has 0 radical (unpaired) electrons. The van der Waals surface area contributed by atoms with Crippen LogP contribution in [0, 0.1) is 0 Å². The lowest BCUT2D eigenvalue weighted by molar-refractivity contribution is -0.0212. The first kappa shape index (κ1) is 17.5. The van der Waals surface area contributed by atoms with Crippen LogP contribution in [0.4, 0.5) is 5.69 Å². The topological polar surface area (TPSA) is 50.8 Å². The Morgan fingerprint density at radius 3 is 2.56 bits per heavy atom. The Balaban J connectivity index is 1.58. The number of methoxy groups -OCH3 is 1. The molecule has 1 atom stereocenters. The average Bonchev–Trinajstić information content (AvgIpc) is 2.63. The average molecular weight is 340 g/mol. The van der Waals surface area contributed by atoms with E-state index in [1.54, 1.807) is 7.11 Å². The Morgan fingerprint density at radius 1 is 1.20 bits per heavy atom. The third-order valence-electron chi connectivity index (χ3n) is 4.30. The van der Waals surface area contributed by atoms with Crippen molar-refractivity contribution in [1.82, 2.24) is 4.90 Å². The molecule has 0 aliphatic carbocycles. The Kier molecular flexibility index (Phi) is 5.68. The van der Waals surface area contributed by atoms with Crippen LogP contribution in [0.1, 0.15) is 22.8 Å². The molecule has 1 heterocycles. The lowest BCUT2D eigenvalue weighted by atomic mass is 10.1. The predicted octanol–water partition coefficient (Wildman–Crippen LogP) is 3.17. The van der Waals surface area contributed by atoms with Gasteiger partial charge in [-0.3, -0.25) is 9.69 Å². The van der Waals surface area contributed by atoms with Gasteiger partial charge in [-0.2, -0.15) is 0 Å². The number of nitrogens with one attached hydrogen (secondary N) is 1. The van der Waals surface area contributed by atoms with Crippen LogP contribution in [0.15, 0.2) is 48.5 Å². The molecule has 0 saturated carbocycles.